The van der Waals surface area contributed by atoms with E-state index in [1.54, 1.807) is 6.07 Å². The Labute approximate surface area is 108 Å². The van der Waals surface area contributed by atoms with Crippen LogP contribution >= 0.6 is 0 Å². The van der Waals surface area contributed by atoms with E-state index in [1.807, 2.05) is 18.2 Å². The molecule has 0 heterocycles. The maximum atomic E-state index is 12.0. The summed E-state index contributed by atoms with van der Waals surface area (Å²) in [6, 6.07) is 7.56. The van der Waals surface area contributed by atoms with Crippen molar-refractivity contribution in [3.63, 3.8) is 0 Å². The summed E-state index contributed by atoms with van der Waals surface area (Å²) < 4.78 is 0. The van der Waals surface area contributed by atoms with E-state index in [4.69, 9.17) is 0 Å². The third-order valence-electron chi connectivity index (χ3n) is 3.55. The lowest BCUT2D eigenvalue weighted by Crippen LogP contribution is -2.16. The summed E-state index contributed by atoms with van der Waals surface area (Å²) in [6.07, 6.45) is 6.21. The quantitative estimate of drug-likeness (QED) is 0.788. The lowest BCUT2D eigenvalue weighted by atomic mass is 9.87. The molecule has 0 aromatic heterocycles. The maximum absolute atomic E-state index is 12.0. The zero-order chi connectivity index (χ0) is 13.0. The highest BCUT2D eigenvalue weighted by Crippen LogP contribution is 2.27. The Morgan fingerprint density at radius 3 is 2.72 bits per heavy atom. The number of benzene rings is 1. The van der Waals surface area contributed by atoms with Gasteiger partial charge in [0, 0.05) is 5.56 Å². The standard InChI is InChI=1S/C16H20O2/c1-2-3-4-5-9-13-11-12-8-6-7-10-14(12)16(18)15(13)17/h6-8,10,17H,2-5,9,11H2,1H3. The highest BCUT2D eigenvalue weighted by molar-refractivity contribution is 6.09. The number of aliphatic hydroxyl groups excluding tert-OH is 1. The van der Waals surface area contributed by atoms with Gasteiger partial charge in [-0.2, -0.15) is 0 Å². The number of Topliss-reactive ketones (excluding diaryl/α,β-unsaturated/α-hetero) is 1. The van der Waals surface area contributed by atoms with Crippen LogP contribution in [-0.2, 0) is 6.42 Å². The van der Waals surface area contributed by atoms with E-state index in [9.17, 15) is 9.90 Å². The summed E-state index contributed by atoms with van der Waals surface area (Å²) >= 11 is 0. The van der Waals surface area contributed by atoms with Gasteiger partial charge >= 0.3 is 0 Å². The Hall–Kier alpha value is -1.57. The van der Waals surface area contributed by atoms with Gasteiger partial charge in [0.25, 0.3) is 0 Å². The molecule has 0 fully saturated rings. The van der Waals surface area contributed by atoms with Gasteiger partial charge in [0.1, 0.15) is 0 Å². The van der Waals surface area contributed by atoms with Crippen molar-refractivity contribution in [3.8, 4) is 0 Å². The van der Waals surface area contributed by atoms with Crippen molar-refractivity contribution in [1.29, 1.82) is 0 Å². The van der Waals surface area contributed by atoms with Crippen molar-refractivity contribution in [3.05, 3.63) is 46.7 Å². The zero-order valence-electron chi connectivity index (χ0n) is 10.9. The molecule has 0 atom stereocenters. The molecule has 1 aromatic carbocycles. The van der Waals surface area contributed by atoms with Crippen molar-refractivity contribution in [1.82, 2.24) is 0 Å². The molecule has 2 rings (SSSR count). The Balaban J connectivity index is 2.08. The van der Waals surface area contributed by atoms with Gasteiger partial charge in [-0.15, -0.1) is 0 Å². The van der Waals surface area contributed by atoms with E-state index < -0.39 is 0 Å². The van der Waals surface area contributed by atoms with Gasteiger partial charge in [-0.1, -0.05) is 50.5 Å². The van der Waals surface area contributed by atoms with Crippen LogP contribution in [0, 0.1) is 0 Å². The number of ketones is 1. The summed E-state index contributed by atoms with van der Waals surface area (Å²) in [6.45, 7) is 2.18. The third kappa shape index (κ3) is 2.63. The van der Waals surface area contributed by atoms with E-state index in [2.05, 4.69) is 6.92 Å². The monoisotopic (exact) mass is 244 g/mol. The molecule has 1 N–H and O–H groups in total. The molecule has 2 heteroatoms. The maximum Gasteiger partial charge on any atom is 0.227 e. The third-order valence-corrected chi connectivity index (χ3v) is 3.55. The highest BCUT2D eigenvalue weighted by Gasteiger charge is 2.24. The number of hydrogen-bond acceptors (Lipinski definition) is 2. The van der Waals surface area contributed by atoms with Crippen LogP contribution in [0.15, 0.2) is 35.6 Å². The molecule has 2 nitrogen and oxygen atoms in total. The minimum atomic E-state index is -0.206. The Morgan fingerprint density at radius 1 is 1.17 bits per heavy atom. The number of allylic oxidation sites excluding steroid dienone is 2. The lowest BCUT2D eigenvalue weighted by Gasteiger charge is -2.18. The fourth-order valence-electron chi connectivity index (χ4n) is 2.47. The molecule has 0 amide bonds. The number of carbonyl (C=O) groups is 1. The number of hydrogen-bond donors (Lipinski definition) is 1. The van der Waals surface area contributed by atoms with Crippen molar-refractivity contribution < 1.29 is 9.90 Å². The first-order valence-electron chi connectivity index (χ1n) is 6.77. The topological polar surface area (TPSA) is 37.3 Å². The van der Waals surface area contributed by atoms with Crippen molar-refractivity contribution in [2.75, 3.05) is 0 Å². The largest absolute Gasteiger partial charge is 0.504 e. The van der Waals surface area contributed by atoms with Crippen LogP contribution in [0.25, 0.3) is 0 Å². The van der Waals surface area contributed by atoms with Crippen molar-refractivity contribution >= 4 is 5.78 Å². The molecule has 0 unspecified atom stereocenters. The fraction of sp³-hybridized carbons (Fsp3) is 0.438. The van der Waals surface area contributed by atoms with Gasteiger partial charge in [0.2, 0.25) is 5.78 Å². The zero-order valence-corrected chi connectivity index (χ0v) is 10.9. The SMILES string of the molecule is CCCCCCC1=C(O)C(=O)c2ccccc2C1. The summed E-state index contributed by atoms with van der Waals surface area (Å²) in [5.74, 6) is -0.215. The second kappa shape index (κ2) is 5.85. The first-order valence-corrected chi connectivity index (χ1v) is 6.77. The smallest absolute Gasteiger partial charge is 0.227 e. The molecule has 0 saturated carbocycles. The van der Waals surface area contributed by atoms with E-state index in [-0.39, 0.29) is 11.5 Å². The number of aliphatic hydroxyl groups is 1. The lowest BCUT2D eigenvalue weighted by molar-refractivity contribution is 0.0969. The van der Waals surface area contributed by atoms with Gasteiger partial charge in [-0.3, -0.25) is 4.79 Å². The van der Waals surface area contributed by atoms with Gasteiger partial charge in [0.05, 0.1) is 0 Å². The number of unbranched alkanes of at least 4 members (excludes halogenated alkanes) is 3. The summed E-state index contributed by atoms with van der Waals surface area (Å²) in [5, 5.41) is 9.97. The molecule has 1 aliphatic rings. The summed E-state index contributed by atoms with van der Waals surface area (Å²) in [7, 11) is 0. The molecule has 1 aliphatic carbocycles. The molecule has 1 aromatic rings. The van der Waals surface area contributed by atoms with Crippen LogP contribution in [0.1, 0.15) is 54.9 Å². The van der Waals surface area contributed by atoms with Crippen LogP contribution in [0.2, 0.25) is 0 Å². The molecule has 0 radical (unpaired) electrons. The van der Waals surface area contributed by atoms with Gasteiger partial charge in [0.15, 0.2) is 5.76 Å². The first-order chi connectivity index (χ1) is 8.74. The molecule has 96 valence electrons. The normalized spacial score (nSPS) is 14.8. The first kappa shape index (κ1) is 12.9. The van der Waals surface area contributed by atoms with Gasteiger partial charge in [-0.25, -0.2) is 0 Å². The Morgan fingerprint density at radius 2 is 1.94 bits per heavy atom. The predicted molar refractivity (Wildman–Crippen MR) is 72.9 cm³/mol. The summed E-state index contributed by atoms with van der Waals surface area (Å²) in [4.78, 5) is 12.0. The molecule has 0 spiro atoms. The molecular weight excluding hydrogens is 224 g/mol. The van der Waals surface area contributed by atoms with E-state index in [0.717, 1.165) is 30.4 Å². The fourth-order valence-corrected chi connectivity index (χ4v) is 2.47. The number of rotatable bonds is 5. The van der Waals surface area contributed by atoms with Crippen molar-refractivity contribution in [2.45, 2.75) is 45.4 Å². The minimum absolute atomic E-state index is 0.00908. The second-order valence-corrected chi connectivity index (χ2v) is 4.93. The molecule has 18 heavy (non-hydrogen) atoms. The molecule has 0 saturated heterocycles. The number of carbonyl (C=O) groups excluding carboxylic acids is 1. The highest BCUT2D eigenvalue weighted by atomic mass is 16.3. The molecule has 0 aliphatic heterocycles. The van der Waals surface area contributed by atoms with Crippen molar-refractivity contribution in [2.24, 2.45) is 0 Å². The van der Waals surface area contributed by atoms with E-state index >= 15 is 0 Å². The van der Waals surface area contributed by atoms with Crippen LogP contribution < -0.4 is 0 Å². The van der Waals surface area contributed by atoms with Gasteiger partial charge < -0.3 is 5.11 Å². The second-order valence-electron chi connectivity index (χ2n) is 4.93. The predicted octanol–water partition coefficient (Wildman–Crippen LogP) is 4.21. The minimum Gasteiger partial charge on any atom is -0.504 e. The Bertz CT molecular complexity index is 472. The van der Waals surface area contributed by atoms with E-state index in [0.29, 0.717) is 5.56 Å². The van der Waals surface area contributed by atoms with Crippen LogP contribution in [-0.4, -0.2) is 10.9 Å². The van der Waals surface area contributed by atoms with Crippen LogP contribution in [0.3, 0.4) is 0 Å². The molecule has 0 bridgehead atoms. The van der Waals surface area contributed by atoms with E-state index in [1.165, 1.54) is 19.3 Å². The van der Waals surface area contributed by atoms with Crippen LogP contribution in [0.5, 0.6) is 0 Å². The average Bonchev–Trinajstić information content (AvgIpc) is 2.40. The molecular formula is C16H20O2. The van der Waals surface area contributed by atoms with Gasteiger partial charge in [-0.05, 0) is 30.4 Å². The number of fused-ring (bicyclic) bond motifs is 1. The Kier molecular flexibility index (Phi) is 4.19. The summed E-state index contributed by atoms with van der Waals surface area (Å²) in [5.41, 5.74) is 2.62. The van der Waals surface area contributed by atoms with Crippen LogP contribution in [0.4, 0.5) is 0 Å². The average molecular weight is 244 g/mol.